The fourth-order valence-electron chi connectivity index (χ4n) is 3.30. The lowest BCUT2D eigenvalue weighted by Gasteiger charge is -2.30. The Bertz CT molecular complexity index is 1070. The van der Waals surface area contributed by atoms with Gasteiger partial charge in [-0.3, -0.25) is 4.79 Å². The molecule has 1 aromatic heterocycles. The minimum absolute atomic E-state index is 0.0341. The predicted octanol–water partition coefficient (Wildman–Crippen LogP) is 3.97. The topological polar surface area (TPSA) is 144 Å². The number of nitrogens with zero attached hydrogens (tertiary/aromatic N) is 4. The van der Waals surface area contributed by atoms with Crippen LogP contribution >= 0.6 is 11.8 Å². The summed E-state index contributed by atoms with van der Waals surface area (Å²) in [6, 6.07) is 11.7. The minimum atomic E-state index is -0.0341. The van der Waals surface area contributed by atoms with Gasteiger partial charge in [-0.25, -0.2) is 9.97 Å². The monoisotopic (exact) mass is 464 g/mol. The first-order valence-electron chi connectivity index (χ1n) is 10.8. The lowest BCUT2D eigenvalue weighted by molar-refractivity contribution is -0.115. The summed E-state index contributed by atoms with van der Waals surface area (Å²) in [5.74, 6) is 1.66. The Morgan fingerprint density at radius 1 is 1.30 bits per heavy atom. The molecule has 0 unspecified atom stereocenters. The lowest BCUT2D eigenvalue weighted by atomic mass is 9.99. The summed E-state index contributed by atoms with van der Waals surface area (Å²) in [5.41, 5.74) is 7.07. The number of allylic oxidation sites excluding steroid dienone is 1. The number of nitrogens with two attached hydrogens (primary N) is 1. The van der Waals surface area contributed by atoms with Crippen molar-refractivity contribution in [2.75, 3.05) is 28.6 Å². The summed E-state index contributed by atoms with van der Waals surface area (Å²) in [6.45, 7) is 4.95. The second-order valence-electron chi connectivity index (χ2n) is 7.72. The van der Waals surface area contributed by atoms with E-state index in [0.717, 1.165) is 42.3 Å². The van der Waals surface area contributed by atoms with E-state index in [1.165, 1.54) is 17.8 Å². The van der Waals surface area contributed by atoms with Crippen molar-refractivity contribution in [2.45, 2.75) is 43.2 Å². The van der Waals surface area contributed by atoms with Gasteiger partial charge < -0.3 is 26.7 Å². The van der Waals surface area contributed by atoms with Crippen molar-refractivity contribution < 1.29 is 4.79 Å². The number of benzene rings is 1. The van der Waals surface area contributed by atoms with Crippen molar-refractivity contribution >= 4 is 40.7 Å². The van der Waals surface area contributed by atoms with Crippen LogP contribution in [0.2, 0.25) is 0 Å². The van der Waals surface area contributed by atoms with E-state index < -0.39 is 0 Å². The van der Waals surface area contributed by atoms with Crippen molar-refractivity contribution in [1.82, 2.24) is 9.97 Å². The molecule has 2 aromatic rings. The number of nitriles is 1. The summed E-state index contributed by atoms with van der Waals surface area (Å²) in [7, 11) is 0. The van der Waals surface area contributed by atoms with Crippen LogP contribution in [0.4, 0.5) is 17.3 Å². The third kappa shape index (κ3) is 7.22. The molecule has 9 nitrogen and oxygen atoms in total. The molecular weight excluding hydrogens is 436 g/mol. The van der Waals surface area contributed by atoms with Gasteiger partial charge in [-0.1, -0.05) is 6.92 Å². The molecule has 0 radical (unpaired) electrons. The molecule has 0 atom stereocenters. The van der Waals surface area contributed by atoms with Crippen molar-refractivity contribution in [3.05, 3.63) is 42.2 Å². The van der Waals surface area contributed by atoms with E-state index in [4.69, 9.17) is 16.1 Å². The highest BCUT2D eigenvalue weighted by molar-refractivity contribution is 7.99. The maximum absolute atomic E-state index is 11.6. The molecule has 1 aliphatic rings. The van der Waals surface area contributed by atoms with Crippen LogP contribution < -0.4 is 21.3 Å². The van der Waals surface area contributed by atoms with Crippen LogP contribution in [-0.4, -0.2) is 34.7 Å². The van der Waals surface area contributed by atoms with Crippen LogP contribution in [0, 0.1) is 22.7 Å². The standard InChI is InChI=1S/C23H28N8OS/c1-3-22(32)27-17-4-6-18(7-5-17)33-23-29-20(28-19(26)12-15(2)25)13-21(30-23)31-10-8-16(14-24)9-11-31/h4-7,12-13,16,25H,3,8-11,26H2,1-2H3,(H,27,32)(H,28,29,30)/b19-12+,25-15?. The van der Waals surface area contributed by atoms with Gasteiger partial charge in [-0.2, -0.15) is 5.26 Å². The molecule has 5 N–H and O–H groups in total. The zero-order valence-corrected chi connectivity index (χ0v) is 19.6. The zero-order valence-electron chi connectivity index (χ0n) is 18.8. The highest BCUT2D eigenvalue weighted by atomic mass is 32.2. The van der Waals surface area contributed by atoms with Gasteiger partial charge in [0.1, 0.15) is 17.5 Å². The maximum atomic E-state index is 11.6. The third-order valence-corrected chi connectivity index (χ3v) is 5.88. The molecule has 172 valence electrons. The Morgan fingerprint density at radius 2 is 2.00 bits per heavy atom. The summed E-state index contributed by atoms with van der Waals surface area (Å²) in [6.07, 6.45) is 3.54. The fourth-order valence-corrected chi connectivity index (χ4v) is 4.07. The van der Waals surface area contributed by atoms with E-state index in [2.05, 4.69) is 26.6 Å². The SMILES string of the molecule is CCC(=O)Nc1ccc(Sc2nc(N/C(N)=C/C(C)=N)cc(N3CCC(C#N)CC3)n2)cc1. The smallest absolute Gasteiger partial charge is 0.224 e. The Morgan fingerprint density at radius 3 is 2.61 bits per heavy atom. The minimum Gasteiger partial charge on any atom is -0.385 e. The Hall–Kier alpha value is -3.58. The number of amides is 1. The van der Waals surface area contributed by atoms with E-state index in [0.29, 0.717) is 28.9 Å². The summed E-state index contributed by atoms with van der Waals surface area (Å²) in [5, 5.41) is 23.2. The number of piperidine rings is 1. The van der Waals surface area contributed by atoms with Crippen LogP contribution in [0.3, 0.4) is 0 Å². The number of hydrogen-bond acceptors (Lipinski definition) is 9. The van der Waals surface area contributed by atoms with Crippen LogP contribution in [0.25, 0.3) is 0 Å². The number of anilines is 3. The predicted molar refractivity (Wildman–Crippen MR) is 131 cm³/mol. The van der Waals surface area contributed by atoms with Crippen LogP contribution in [0.15, 0.2) is 52.3 Å². The second-order valence-corrected chi connectivity index (χ2v) is 8.76. The van der Waals surface area contributed by atoms with E-state index in [9.17, 15) is 10.1 Å². The van der Waals surface area contributed by atoms with Crippen molar-refractivity contribution in [2.24, 2.45) is 11.7 Å². The number of carbonyl (C=O) groups excluding carboxylic acids is 1. The van der Waals surface area contributed by atoms with Crippen molar-refractivity contribution in [1.29, 1.82) is 10.7 Å². The van der Waals surface area contributed by atoms with Crippen LogP contribution in [-0.2, 0) is 4.79 Å². The number of nitrogens with one attached hydrogen (secondary N) is 3. The molecule has 0 aliphatic carbocycles. The number of hydrogen-bond donors (Lipinski definition) is 4. The molecule has 10 heteroatoms. The van der Waals surface area contributed by atoms with Gasteiger partial charge in [0, 0.05) is 47.8 Å². The highest BCUT2D eigenvalue weighted by Gasteiger charge is 2.21. The third-order valence-electron chi connectivity index (χ3n) is 5.01. The van der Waals surface area contributed by atoms with E-state index in [1.54, 1.807) is 6.92 Å². The van der Waals surface area contributed by atoms with E-state index in [-0.39, 0.29) is 11.8 Å². The van der Waals surface area contributed by atoms with Crippen LogP contribution in [0.1, 0.15) is 33.1 Å². The summed E-state index contributed by atoms with van der Waals surface area (Å²) in [4.78, 5) is 24.0. The molecule has 33 heavy (non-hydrogen) atoms. The van der Waals surface area contributed by atoms with Gasteiger partial charge in [0.25, 0.3) is 0 Å². The first kappa shape index (κ1) is 24.1. The molecule has 0 bridgehead atoms. The van der Waals surface area contributed by atoms with Gasteiger partial charge in [0.15, 0.2) is 5.16 Å². The molecule has 1 aromatic carbocycles. The van der Waals surface area contributed by atoms with E-state index in [1.807, 2.05) is 37.3 Å². The van der Waals surface area contributed by atoms with Gasteiger partial charge in [-0.15, -0.1) is 0 Å². The molecule has 1 fully saturated rings. The highest BCUT2D eigenvalue weighted by Crippen LogP contribution is 2.30. The number of aromatic nitrogens is 2. The Labute approximate surface area is 198 Å². The fraction of sp³-hybridized carbons (Fsp3) is 0.348. The normalized spacial score (nSPS) is 14.5. The van der Waals surface area contributed by atoms with Gasteiger partial charge in [0.2, 0.25) is 5.91 Å². The largest absolute Gasteiger partial charge is 0.385 e. The lowest BCUT2D eigenvalue weighted by Crippen LogP contribution is -2.34. The Balaban J connectivity index is 1.83. The summed E-state index contributed by atoms with van der Waals surface area (Å²) < 4.78 is 0. The molecular formula is C23H28N8OS. The van der Waals surface area contributed by atoms with Gasteiger partial charge >= 0.3 is 0 Å². The van der Waals surface area contributed by atoms with Gasteiger partial charge in [-0.05, 0) is 61.9 Å². The average Bonchev–Trinajstić information content (AvgIpc) is 2.79. The van der Waals surface area contributed by atoms with Crippen LogP contribution in [0.5, 0.6) is 0 Å². The number of carbonyl (C=O) groups is 1. The molecule has 1 saturated heterocycles. The molecule has 1 amide bonds. The second kappa shape index (κ2) is 11.3. The Kier molecular flexibility index (Phi) is 8.27. The van der Waals surface area contributed by atoms with E-state index >= 15 is 0 Å². The quantitative estimate of drug-likeness (QED) is 0.339. The first-order chi connectivity index (χ1) is 15.9. The molecule has 0 saturated carbocycles. The zero-order chi connectivity index (χ0) is 23.8. The summed E-state index contributed by atoms with van der Waals surface area (Å²) >= 11 is 1.40. The molecule has 0 spiro atoms. The van der Waals surface area contributed by atoms with Crippen molar-refractivity contribution in [3.8, 4) is 6.07 Å². The van der Waals surface area contributed by atoms with Gasteiger partial charge in [0.05, 0.1) is 6.07 Å². The average molecular weight is 465 g/mol. The molecule has 1 aliphatic heterocycles. The van der Waals surface area contributed by atoms with Crippen molar-refractivity contribution in [3.63, 3.8) is 0 Å². The number of rotatable bonds is 8. The molecule has 3 rings (SSSR count). The molecule has 2 heterocycles. The first-order valence-corrected chi connectivity index (χ1v) is 11.6. The maximum Gasteiger partial charge on any atom is 0.224 e.